The summed E-state index contributed by atoms with van der Waals surface area (Å²) in [5.74, 6) is -0.796. The fraction of sp³-hybridized carbons (Fsp3) is 0.286. The van der Waals surface area contributed by atoms with E-state index in [1.165, 1.54) is 13.8 Å². The lowest BCUT2D eigenvalue weighted by molar-refractivity contribution is -0.133. The number of aryl methyl sites for hydroxylation is 1. The van der Waals surface area contributed by atoms with Gasteiger partial charge < -0.3 is 15.2 Å². The Morgan fingerprint density at radius 2 is 1.84 bits per heavy atom. The second-order valence-electron chi connectivity index (χ2n) is 4.19. The zero-order valence-electron chi connectivity index (χ0n) is 11.4. The van der Waals surface area contributed by atoms with Crippen LogP contribution in [-0.4, -0.2) is 24.1 Å². The summed E-state index contributed by atoms with van der Waals surface area (Å²) in [5.41, 5.74) is 1.70. The highest BCUT2D eigenvalue weighted by molar-refractivity contribution is 6.08. The lowest BCUT2D eigenvalue weighted by atomic mass is 10.1. The number of hydrogen-bond acceptors (Lipinski definition) is 3. The van der Waals surface area contributed by atoms with Crippen molar-refractivity contribution in [3.63, 3.8) is 0 Å². The molecule has 0 fully saturated rings. The summed E-state index contributed by atoms with van der Waals surface area (Å²) in [6.45, 7) is 4.74. The Kier molecular flexibility index (Phi) is 4.69. The zero-order chi connectivity index (χ0) is 14.6. The van der Waals surface area contributed by atoms with Crippen molar-refractivity contribution in [2.45, 2.75) is 20.8 Å². The molecule has 0 saturated carbocycles. The predicted molar refractivity (Wildman–Crippen MR) is 72.4 cm³/mol. The summed E-state index contributed by atoms with van der Waals surface area (Å²) in [7, 11) is 1.57. The van der Waals surface area contributed by atoms with Crippen molar-refractivity contribution in [2.75, 3.05) is 12.4 Å². The molecule has 1 aromatic rings. The Morgan fingerprint density at radius 3 is 2.32 bits per heavy atom. The smallest absolute Gasteiger partial charge is 0.331 e. The molecule has 0 bridgehead atoms. The summed E-state index contributed by atoms with van der Waals surface area (Å²) < 4.78 is 5.12. The normalized spacial score (nSPS) is 11.6. The van der Waals surface area contributed by atoms with Gasteiger partial charge in [0, 0.05) is 16.8 Å². The molecule has 19 heavy (non-hydrogen) atoms. The van der Waals surface area contributed by atoms with Gasteiger partial charge in [0.2, 0.25) is 0 Å². The van der Waals surface area contributed by atoms with Crippen LogP contribution in [-0.2, 0) is 9.59 Å². The van der Waals surface area contributed by atoms with Crippen molar-refractivity contribution in [1.29, 1.82) is 0 Å². The van der Waals surface area contributed by atoms with Gasteiger partial charge in [-0.3, -0.25) is 4.79 Å². The zero-order valence-corrected chi connectivity index (χ0v) is 11.4. The number of carbonyl (C=O) groups is 2. The average molecular weight is 263 g/mol. The number of ether oxygens (including phenoxy) is 1. The van der Waals surface area contributed by atoms with E-state index in [9.17, 15) is 9.59 Å². The number of methoxy groups -OCH3 is 1. The summed E-state index contributed by atoms with van der Waals surface area (Å²) in [4.78, 5) is 22.6. The van der Waals surface area contributed by atoms with Crippen LogP contribution in [0.25, 0.3) is 0 Å². The van der Waals surface area contributed by atoms with Crippen LogP contribution in [0.15, 0.2) is 29.3 Å². The van der Waals surface area contributed by atoms with Crippen LogP contribution in [0, 0.1) is 6.92 Å². The quantitative estimate of drug-likeness (QED) is 0.818. The molecule has 102 valence electrons. The van der Waals surface area contributed by atoms with Crippen molar-refractivity contribution < 1.29 is 19.4 Å². The van der Waals surface area contributed by atoms with Crippen LogP contribution < -0.4 is 10.1 Å². The maximum Gasteiger partial charge on any atom is 0.331 e. The minimum atomic E-state index is -1.10. The number of carboxylic acid groups (broad SMARTS) is 1. The largest absolute Gasteiger partial charge is 0.496 e. The molecule has 0 spiro atoms. The second-order valence-corrected chi connectivity index (χ2v) is 4.19. The maximum absolute atomic E-state index is 11.9. The maximum atomic E-state index is 11.9. The van der Waals surface area contributed by atoms with E-state index >= 15 is 0 Å². The first-order chi connectivity index (χ1) is 8.86. The summed E-state index contributed by atoms with van der Waals surface area (Å²) >= 11 is 0. The Labute approximate surface area is 111 Å². The number of carbonyl (C=O) groups excluding carboxylic acids is 1. The van der Waals surface area contributed by atoms with Crippen LogP contribution in [0.3, 0.4) is 0 Å². The van der Waals surface area contributed by atoms with Crippen LogP contribution >= 0.6 is 0 Å². The first-order valence-corrected chi connectivity index (χ1v) is 5.73. The van der Waals surface area contributed by atoms with Gasteiger partial charge in [-0.2, -0.15) is 0 Å². The van der Waals surface area contributed by atoms with E-state index in [0.29, 0.717) is 5.69 Å². The van der Waals surface area contributed by atoms with Crippen molar-refractivity contribution in [3.8, 4) is 5.75 Å². The number of nitrogens with one attached hydrogen (secondary N) is 1. The van der Waals surface area contributed by atoms with Crippen LogP contribution in [0.1, 0.15) is 19.4 Å². The highest BCUT2D eigenvalue weighted by atomic mass is 16.5. The van der Waals surface area contributed by atoms with Gasteiger partial charge in [0.05, 0.1) is 7.11 Å². The number of hydrogen-bond donors (Lipinski definition) is 2. The van der Waals surface area contributed by atoms with Gasteiger partial charge in [-0.15, -0.1) is 0 Å². The van der Waals surface area contributed by atoms with E-state index in [0.717, 1.165) is 11.3 Å². The molecule has 1 aromatic carbocycles. The lowest BCUT2D eigenvalue weighted by Gasteiger charge is -2.10. The molecule has 1 rings (SSSR count). The number of aliphatic carboxylic acids is 1. The van der Waals surface area contributed by atoms with Gasteiger partial charge in [0.1, 0.15) is 5.75 Å². The fourth-order valence-electron chi connectivity index (χ4n) is 1.51. The topological polar surface area (TPSA) is 75.6 Å². The third-order valence-electron chi connectivity index (χ3n) is 2.88. The molecule has 0 atom stereocenters. The highest BCUT2D eigenvalue weighted by Crippen LogP contribution is 2.21. The number of benzene rings is 1. The van der Waals surface area contributed by atoms with Gasteiger partial charge in [0.25, 0.3) is 5.91 Å². The molecule has 0 aliphatic rings. The number of carboxylic acids is 1. The lowest BCUT2D eigenvalue weighted by Crippen LogP contribution is -2.16. The molecule has 5 nitrogen and oxygen atoms in total. The van der Waals surface area contributed by atoms with E-state index < -0.39 is 11.9 Å². The van der Waals surface area contributed by atoms with E-state index in [1.54, 1.807) is 25.3 Å². The standard InChI is InChI=1S/C14H17NO4/c1-8-7-11(5-6-12(8)19-4)15-13(16)9(2)10(3)14(17)18/h5-7H,1-4H3,(H,15,16)(H,17,18). The van der Waals surface area contributed by atoms with E-state index in [-0.39, 0.29) is 11.1 Å². The molecule has 0 saturated heterocycles. The first kappa shape index (κ1) is 14.8. The molecular weight excluding hydrogens is 246 g/mol. The van der Waals surface area contributed by atoms with Crippen LogP contribution in [0.2, 0.25) is 0 Å². The van der Waals surface area contributed by atoms with Crippen molar-refractivity contribution in [1.82, 2.24) is 0 Å². The number of amides is 1. The fourth-order valence-corrected chi connectivity index (χ4v) is 1.51. The van der Waals surface area contributed by atoms with Gasteiger partial charge in [-0.1, -0.05) is 0 Å². The second kappa shape index (κ2) is 6.04. The highest BCUT2D eigenvalue weighted by Gasteiger charge is 2.13. The van der Waals surface area contributed by atoms with Gasteiger partial charge in [-0.05, 0) is 44.5 Å². The van der Waals surface area contributed by atoms with Crippen molar-refractivity contribution in [3.05, 3.63) is 34.9 Å². The molecule has 0 aliphatic carbocycles. The predicted octanol–water partition coefficient (Wildman–Crippen LogP) is 2.36. The van der Waals surface area contributed by atoms with E-state index in [1.807, 2.05) is 6.92 Å². The molecule has 0 aromatic heterocycles. The first-order valence-electron chi connectivity index (χ1n) is 5.73. The molecule has 1 amide bonds. The molecule has 0 aliphatic heterocycles. The Hall–Kier alpha value is -2.30. The Balaban J connectivity index is 2.92. The van der Waals surface area contributed by atoms with Crippen molar-refractivity contribution >= 4 is 17.6 Å². The SMILES string of the molecule is COc1ccc(NC(=O)C(C)=C(C)C(=O)O)cc1C. The minimum absolute atomic E-state index is 0.0303. The van der Waals surface area contributed by atoms with E-state index in [2.05, 4.69) is 5.32 Å². The van der Waals surface area contributed by atoms with Gasteiger partial charge in [0.15, 0.2) is 0 Å². The van der Waals surface area contributed by atoms with Gasteiger partial charge >= 0.3 is 5.97 Å². The third-order valence-corrected chi connectivity index (χ3v) is 2.88. The molecule has 2 N–H and O–H groups in total. The van der Waals surface area contributed by atoms with Gasteiger partial charge in [-0.25, -0.2) is 4.79 Å². The molecule has 5 heteroatoms. The Morgan fingerprint density at radius 1 is 1.21 bits per heavy atom. The summed E-state index contributed by atoms with van der Waals surface area (Å²) in [6.07, 6.45) is 0. The summed E-state index contributed by atoms with van der Waals surface area (Å²) in [5, 5.41) is 11.5. The van der Waals surface area contributed by atoms with Crippen molar-refractivity contribution in [2.24, 2.45) is 0 Å². The molecule has 0 radical (unpaired) electrons. The minimum Gasteiger partial charge on any atom is -0.496 e. The Bertz CT molecular complexity index is 546. The number of rotatable bonds is 4. The monoisotopic (exact) mass is 263 g/mol. The molecular formula is C14H17NO4. The molecule has 0 heterocycles. The van der Waals surface area contributed by atoms with E-state index in [4.69, 9.17) is 9.84 Å². The summed E-state index contributed by atoms with van der Waals surface area (Å²) in [6, 6.07) is 5.21. The van der Waals surface area contributed by atoms with Crippen LogP contribution in [0.4, 0.5) is 5.69 Å². The molecule has 0 unspecified atom stereocenters. The third kappa shape index (κ3) is 3.58. The average Bonchev–Trinajstić information content (AvgIpc) is 2.37. The van der Waals surface area contributed by atoms with Crippen LogP contribution in [0.5, 0.6) is 5.75 Å². The number of anilines is 1.